The van der Waals surface area contributed by atoms with E-state index in [1.54, 1.807) is 11.3 Å². The molecule has 1 amide bonds. The van der Waals surface area contributed by atoms with Crippen molar-refractivity contribution in [1.29, 1.82) is 0 Å². The summed E-state index contributed by atoms with van der Waals surface area (Å²) >= 11 is 7.15. The van der Waals surface area contributed by atoms with Crippen LogP contribution in [-0.2, 0) is 0 Å². The van der Waals surface area contributed by atoms with Crippen molar-refractivity contribution >= 4 is 45.9 Å². The SMILES string of the molecule is CC(C)CNC(=S)N1CCC(c2nc(C(=O)Nc3ccccc3N3CCCCC3)cs2)CC1. The molecule has 33 heavy (non-hydrogen) atoms. The molecule has 2 saturated heterocycles. The lowest BCUT2D eigenvalue weighted by Gasteiger charge is -2.33. The van der Waals surface area contributed by atoms with Gasteiger partial charge in [-0.1, -0.05) is 26.0 Å². The third-order valence-corrected chi connectivity index (χ3v) is 7.81. The van der Waals surface area contributed by atoms with Gasteiger partial charge in [0.25, 0.3) is 5.91 Å². The van der Waals surface area contributed by atoms with Gasteiger partial charge in [0.2, 0.25) is 0 Å². The average molecular weight is 486 g/mol. The van der Waals surface area contributed by atoms with Crippen molar-refractivity contribution in [3.63, 3.8) is 0 Å². The molecule has 6 nitrogen and oxygen atoms in total. The Morgan fingerprint density at radius 1 is 1.15 bits per heavy atom. The first-order chi connectivity index (χ1) is 16.0. The number of carbonyl (C=O) groups is 1. The molecular weight excluding hydrogens is 450 g/mol. The van der Waals surface area contributed by atoms with E-state index in [-0.39, 0.29) is 5.91 Å². The fourth-order valence-electron chi connectivity index (χ4n) is 4.49. The zero-order valence-corrected chi connectivity index (χ0v) is 21.3. The van der Waals surface area contributed by atoms with Gasteiger partial charge in [-0.15, -0.1) is 11.3 Å². The highest BCUT2D eigenvalue weighted by atomic mass is 32.1. The van der Waals surface area contributed by atoms with E-state index in [9.17, 15) is 4.79 Å². The lowest BCUT2D eigenvalue weighted by Crippen LogP contribution is -2.44. The number of amides is 1. The predicted octanol–water partition coefficient (Wildman–Crippen LogP) is 5.10. The Morgan fingerprint density at radius 2 is 1.88 bits per heavy atom. The summed E-state index contributed by atoms with van der Waals surface area (Å²) in [7, 11) is 0. The second-order valence-electron chi connectivity index (χ2n) is 9.43. The Morgan fingerprint density at radius 3 is 2.61 bits per heavy atom. The number of hydrogen-bond donors (Lipinski definition) is 2. The minimum atomic E-state index is -0.126. The first-order valence-electron chi connectivity index (χ1n) is 12.1. The normalized spacial score (nSPS) is 17.3. The zero-order chi connectivity index (χ0) is 23.2. The van der Waals surface area contributed by atoms with Crippen LogP contribution >= 0.6 is 23.6 Å². The van der Waals surface area contributed by atoms with Crippen LogP contribution in [0.3, 0.4) is 0 Å². The summed E-state index contributed by atoms with van der Waals surface area (Å²) in [4.78, 5) is 22.4. The number of hydrogen-bond acceptors (Lipinski definition) is 5. The highest BCUT2D eigenvalue weighted by Crippen LogP contribution is 2.32. The summed E-state index contributed by atoms with van der Waals surface area (Å²) in [5.41, 5.74) is 2.49. The molecule has 0 bridgehead atoms. The van der Waals surface area contributed by atoms with E-state index in [1.807, 2.05) is 23.6 Å². The van der Waals surface area contributed by atoms with Gasteiger partial charge in [0, 0.05) is 44.0 Å². The third kappa shape index (κ3) is 6.23. The Balaban J connectivity index is 1.34. The fraction of sp³-hybridized carbons (Fsp3) is 0.560. The lowest BCUT2D eigenvalue weighted by atomic mass is 9.98. The molecule has 2 aromatic rings. The molecule has 0 spiro atoms. The van der Waals surface area contributed by atoms with E-state index in [0.717, 1.165) is 67.1 Å². The summed E-state index contributed by atoms with van der Waals surface area (Å²) in [5.74, 6) is 0.840. The Hall–Kier alpha value is -2.19. The van der Waals surface area contributed by atoms with Crippen LogP contribution in [0.25, 0.3) is 0 Å². The number of rotatable bonds is 6. The largest absolute Gasteiger partial charge is 0.370 e. The van der Waals surface area contributed by atoms with Gasteiger partial charge < -0.3 is 20.4 Å². The molecule has 0 saturated carbocycles. The minimum Gasteiger partial charge on any atom is -0.370 e. The predicted molar refractivity (Wildman–Crippen MR) is 142 cm³/mol. The number of nitrogens with one attached hydrogen (secondary N) is 2. The molecule has 2 aliphatic rings. The summed E-state index contributed by atoms with van der Waals surface area (Å²) < 4.78 is 0. The van der Waals surface area contributed by atoms with Crippen LogP contribution in [0, 0.1) is 5.92 Å². The number of piperidine rings is 2. The van der Waals surface area contributed by atoms with Gasteiger partial charge in [0.1, 0.15) is 5.69 Å². The van der Waals surface area contributed by atoms with Gasteiger partial charge in [-0.25, -0.2) is 4.98 Å². The number of carbonyl (C=O) groups excluding carboxylic acids is 1. The standard InChI is InChI=1S/C25H35N5OS2/c1-18(2)16-26-25(32)30-14-10-19(11-15-30)24-28-21(17-33-24)23(31)27-20-8-4-5-9-22(20)29-12-6-3-7-13-29/h4-5,8-9,17-19H,3,6-7,10-16H2,1-2H3,(H,26,32)(H,27,31). The molecule has 0 atom stereocenters. The first kappa shape index (κ1) is 24.0. The molecular formula is C25H35N5OS2. The Bertz CT molecular complexity index is 946. The van der Waals surface area contributed by atoms with E-state index in [2.05, 4.69) is 40.3 Å². The Kier molecular flexibility index (Phi) is 8.20. The molecule has 1 aromatic heterocycles. The summed E-state index contributed by atoms with van der Waals surface area (Å²) in [5, 5.41) is 10.3. The number of thiazole rings is 1. The maximum atomic E-state index is 13.0. The van der Waals surface area contributed by atoms with Gasteiger partial charge in [0.15, 0.2) is 5.11 Å². The fourth-order valence-corrected chi connectivity index (χ4v) is 5.73. The molecule has 2 aliphatic heterocycles. The van der Waals surface area contributed by atoms with Crippen molar-refractivity contribution < 1.29 is 4.79 Å². The van der Waals surface area contributed by atoms with E-state index in [4.69, 9.17) is 17.2 Å². The van der Waals surface area contributed by atoms with Crippen LogP contribution in [0.15, 0.2) is 29.6 Å². The van der Waals surface area contributed by atoms with Crippen LogP contribution in [0.1, 0.15) is 67.4 Å². The van der Waals surface area contributed by atoms with Crippen molar-refractivity contribution in [2.24, 2.45) is 5.92 Å². The smallest absolute Gasteiger partial charge is 0.275 e. The van der Waals surface area contributed by atoms with Gasteiger partial charge in [-0.05, 0) is 62.4 Å². The maximum Gasteiger partial charge on any atom is 0.275 e. The monoisotopic (exact) mass is 485 g/mol. The van der Waals surface area contributed by atoms with E-state index in [1.165, 1.54) is 19.3 Å². The number of likely N-dealkylation sites (tertiary alicyclic amines) is 1. The number of benzene rings is 1. The van der Waals surface area contributed by atoms with Crippen molar-refractivity contribution in [2.75, 3.05) is 42.9 Å². The van der Waals surface area contributed by atoms with Crippen LogP contribution in [0.4, 0.5) is 11.4 Å². The number of anilines is 2. The third-order valence-electron chi connectivity index (χ3n) is 6.40. The molecule has 0 radical (unpaired) electrons. The van der Waals surface area contributed by atoms with Crippen LogP contribution in [-0.4, -0.2) is 53.6 Å². The number of aromatic nitrogens is 1. The zero-order valence-electron chi connectivity index (χ0n) is 19.7. The van der Waals surface area contributed by atoms with E-state index in [0.29, 0.717) is 17.5 Å². The first-order valence-corrected chi connectivity index (χ1v) is 13.4. The number of thiocarbonyl (C=S) groups is 1. The second-order valence-corrected chi connectivity index (χ2v) is 10.7. The van der Waals surface area contributed by atoms with Crippen molar-refractivity contribution in [3.05, 3.63) is 40.3 Å². The van der Waals surface area contributed by atoms with Crippen LogP contribution < -0.4 is 15.5 Å². The molecule has 0 unspecified atom stereocenters. The molecule has 1 aromatic carbocycles. The van der Waals surface area contributed by atoms with Gasteiger partial charge in [-0.3, -0.25) is 4.79 Å². The van der Waals surface area contributed by atoms with Crippen LogP contribution in [0.2, 0.25) is 0 Å². The maximum absolute atomic E-state index is 13.0. The summed E-state index contributed by atoms with van der Waals surface area (Å²) in [6, 6.07) is 8.10. The molecule has 2 N–H and O–H groups in total. The molecule has 4 rings (SSSR count). The van der Waals surface area contributed by atoms with E-state index < -0.39 is 0 Å². The highest BCUT2D eigenvalue weighted by molar-refractivity contribution is 7.80. The quantitative estimate of drug-likeness (QED) is 0.556. The highest BCUT2D eigenvalue weighted by Gasteiger charge is 2.25. The lowest BCUT2D eigenvalue weighted by molar-refractivity contribution is 0.102. The Labute approximate surface area is 206 Å². The van der Waals surface area contributed by atoms with Crippen molar-refractivity contribution in [1.82, 2.24) is 15.2 Å². The van der Waals surface area contributed by atoms with Gasteiger partial charge in [0.05, 0.1) is 16.4 Å². The average Bonchev–Trinajstić information content (AvgIpc) is 3.34. The van der Waals surface area contributed by atoms with Crippen LogP contribution in [0.5, 0.6) is 0 Å². The molecule has 0 aliphatic carbocycles. The van der Waals surface area contributed by atoms with Crippen molar-refractivity contribution in [3.8, 4) is 0 Å². The van der Waals surface area contributed by atoms with Gasteiger partial charge >= 0.3 is 0 Å². The molecule has 2 fully saturated rings. The van der Waals surface area contributed by atoms with Crippen molar-refractivity contribution in [2.45, 2.75) is 51.9 Å². The number of para-hydroxylation sites is 2. The molecule has 8 heteroatoms. The summed E-state index contributed by atoms with van der Waals surface area (Å²) in [6.07, 6.45) is 5.71. The second kappa shape index (κ2) is 11.3. The number of nitrogens with zero attached hydrogens (tertiary/aromatic N) is 3. The van der Waals surface area contributed by atoms with E-state index >= 15 is 0 Å². The van der Waals surface area contributed by atoms with Gasteiger partial charge in [-0.2, -0.15) is 0 Å². The molecule has 178 valence electrons. The summed E-state index contributed by atoms with van der Waals surface area (Å²) in [6.45, 7) is 9.22. The minimum absolute atomic E-state index is 0.126. The molecule has 3 heterocycles. The topological polar surface area (TPSA) is 60.5 Å².